The van der Waals surface area contributed by atoms with Crippen LogP contribution in [0.15, 0.2) is 11.7 Å². The average Bonchev–Trinajstić information content (AvgIpc) is 3.00. The van der Waals surface area contributed by atoms with Gasteiger partial charge in [-0.3, -0.25) is 4.90 Å². The summed E-state index contributed by atoms with van der Waals surface area (Å²) in [5, 5.41) is 0. The lowest BCUT2D eigenvalue weighted by Crippen LogP contribution is -2.39. The van der Waals surface area contributed by atoms with E-state index in [9.17, 15) is 0 Å². The summed E-state index contributed by atoms with van der Waals surface area (Å²) in [6.07, 6.45) is 1.88. The molecule has 2 aromatic rings. The predicted molar refractivity (Wildman–Crippen MR) is 74.1 cm³/mol. The molecule has 0 radical (unpaired) electrons. The number of H-pyrrole nitrogens is 1. The van der Waals surface area contributed by atoms with Crippen LogP contribution in [0, 0.1) is 13.8 Å². The zero-order valence-corrected chi connectivity index (χ0v) is 12.0. The Morgan fingerprint density at radius 3 is 3.05 bits per heavy atom. The van der Waals surface area contributed by atoms with Crippen molar-refractivity contribution in [2.45, 2.75) is 26.4 Å². The van der Waals surface area contributed by atoms with Gasteiger partial charge in [-0.25, -0.2) is 9.97 Å². The molecule has 0 amide bonds. The summed E-state index contributed by atoms with van der Waals surface area (Å²) in [4.78, 5) is 15.8. The fraction of sp³-hybridized carbons (Fsp3) is 0.538. The van der Waals surface area contributed by atoms with E-state index in [4.69, 9.17) is 4.74 Å². The SMILES string of the molecule is Cc1cnc([C@@H]2COCCN2Cc2scnc2C)[nH]1. The lowest BCUT2D eigenvalue weighted by molar-refractivity contribution is -0.0153. The smallest absolute Gasteiger partial charge is 0.126 e. The van der Waals surface area contributed by atoms with Gasteiger partial charge < -0.3 is 9.72 Å². The van der Waals surface area contributed by atoms with Crippen LogP contribution in [-0.4, -0.2) is 39.6 Å². The Balaban J connectivity index is 1.79. The summed E-state index contributed by atoms with van der Waals surface area (Å²) in [5.41, 5.74) is 4.14. The number of aryl methyl sites for hydroxylation is 2. The highest BCUT2D eigenvalue weighted by atomic mass is 32.1. The van der Waals surface area contributed by atoms with E-state index >= 15 is 0 Å². The molecular formula is C13H18N4OS. The minimum absolute atomic E-state index is 0.212. The molecule has 2 aromatic heterocycles. The molecule has 102 valence electrons. The second kappa shape index (κ2) is 5.40. The number of rotatable bonds is 3. The van der Waals surface area contributed by atoms with E-state index in [-0.39, 0.29) is 6.04 Å². The standard InChI is InChI=1S/C13H18N4OS/c1-9-5-14-13(16-9)11-7-18-4-3-17(11)6-12-10(2)15-8-19-12/h5,8,11H,3-4,6-7H2,1-2H3,(H,14,16)/t11-/m0/s1. The highest BCUT2D eigenvalue weighted by molar-refractivity contribution is 7.09. The monoisotopic (exact) mass is 278 g/mol. The van der Waals surface area contributed by atoms with Crippen molar-refractivity contribution in [1.82, 2.24) is 19.9 Å². The number of nitrogens with zero attached hydrogens (tertiary/aromatic N) is 3. The molecule has 5 nitrogen and oxygen atoms in total. The fourth-order valence-electron chi connectivity index (χ4n) is 2.34. The van der Waals surface area contributed by atoms with Gasteiger partial charge in [-0.05, 0) is 13.8 Å². The van der Waals surface area contributed by atoms with Crippen LogP contribution in [-0.2, 0) is 11.3 Å². The Bertz CT molecular complexity index is 550. The van der Waals surface area contributed by atoms with Crippen LogP contribution in [0.5, 0.6) is 0 Å². The Morgan fingerprint density at radius 1 is 1.47 bits per heavy atom. The van der Waals surface area contributed by atoms with Gasteiger partial charge >= 0.3 is 0 Å². The van der Waals surface area contributed by atoms with Crippen LogP contribution in [0.2, 0.25) is 0 Å². The van der Waals surface area contributed by atoms with Crippen LogP contribution >= 0.6 is 11.3 Å². The Kier molecular flexibility index (Phi) is 3.63. The fourth-order valence-corrected chi connectivity index (χ4v) is 3.15. The highest BCUT2D eigenvalue weighted by Crippen LogP contribution is 2.26. The maximum atomic E-state index is 5.61. The van der Waals surface area contributed by atoms with Gasteiger partial charge in [0, 0.05) is 29.9 Å². The Hall–Kier alpha value is -1.24. The van der Waals surface area contributed by atoms with Crippen molar-refractivity contribution in [2.75, 3.05) is 19.8 Å². The van der Waals surface area contributed by atoms with Gasteiger partial charge in [0.2, 0.25) is 0 Å². The molecular weight excluding hydrogens is 260 g/mol. The Labute approximate surface area is 116 Å². The maximum Gasteiger partial charge on any atom is 0.126 e. The van der Waals surface area contributed by atoms with Gasteiger partial charge in [-0.15, -0.1) is 11.3 Å². The summed E-state index contributed by atoms with van der Waals surface area (Å²) < 4.78 is 5.61. The summed E-state index contributed by atoms with van der Waals surface area (Å²) in [6.45, 7) is 7.43. The van der Waals surface area contributed by atoms with E-state index in [1.165, 1.54) is 4.88 Å². The first-order chi connectivity index (χ1) is 9.24. The number of imidazole rings is 1. The molecule has 0 bridgehead atoms. The molecule has 0 unspecified atom stereocenters. The van der Waals surface area contributed by atoms with Crippen molar-refractivity contribution in [3.8, 4) is 0 Å². The molecule has 0 spiro atoms. The number of hydrogen-bond acceptors (Lipinski definition) is 5. The molecule has 3 rings (SSSR count). The van der Waals surface area contributed by atoms with Crippen molar-refractivity contribution in [1.29, 1.82) is 0 Å². The van der Waals surface area contributed by atoms with E-state index in [0.717, 1.165) is 36.9 Å². The van der Waals surface area contributed by atoms with Crippen molar-refractivity contribution in [2.24, 2.45) is 0 Å². The zero-order chi connectivity index (χ0) is 13.2. The second-order valence-corrected chi connectivity index (χ2v) is 5.81. The summed E-state index contributed by atoms with van der Waals surface area (Å²) in [7, 11) is 0. The number of nitrogens with one attached hydrogen (secondary N) is 1. The minimum atomic E-state index is 0.212. The number of thiazole rings is 1. The van der Waals surface area contributed by atoms with E-state index in [0.29, 0.717) is 6.61 Å². The van der Waals surface area contributed by atoms with Crippen LogP contribution in [0.25, 0.3) is 0 Å². The molecule has 6 heteroatoms. The number of aromatic nitrogens is 3. The maximum absolute atomic E-state index is 5.61. The molecule has 1 aliphatic rings. The lowest BCUT2D eigenvalue weighted by Gasteiger charge is -2.34. The largest absolute Gasteiger partial charge is 0.378 e. The molecule has 1 N–H and O–H groups in total. The van der Waals surface area contributed by atoms with E-state index in [1.54, 1.807) is 11.3 Å². The van der Waals surface area contributed by atoms with Gasteiger partial charge in [-0.1, -0.05) is 0 Å². The molecule has 1 fully saturated rings. The first-order valence-corrected chi connectivity index (χ1v) is 7.34. The zero-order valence-electron chi connectivity index (χ0n) is 11.2. The number of aromatic amines is 1. The number of morpholine rings is 1. The quantitative estimate of drug-likeness (QED) is 0.933. The third-order valence-corrected chi connectivity index (χ3v) is 4.39. The van der Waals surface area contributed by atoms with E-state index in [2.05, 4.69) is 26.8 Å². The van der Waals surface area contributed by atoms with Crippen LogP contribution in [0.4, 0.5) is 0 Å². The van der Waals surface area contributed by atoms with Gasteiger partial charge in [0.15, 0.2) is 0 Å². The first-order valence-electron chi connectivity index (χ1n) is 6.46. The normalized spacial score (nSPS) is 20.8. The van der Waals surface area contributed by atoms with Gasteiger partial charge in [0.05, 0.1) is 30.5 Å². The number of hydrogen-bond donors (Lipinski definition) is 1. The first kappa shape index (κ1) is 12.8. The molecule has 1 atom stereocenters. The Morgan fingerprint density at radius 2 is 2.37 bits per heavy atom. The third-order valence-electron chi connectivity index (χ3n) is 3.47. The van der Waals surface area contributed by atoms with Crippen molar-refractivity contribution in [3.05, 3.63) is 33.8 Å². The van der Waals surface area contributed by atoms with Gasteiger partial charge in [-0.2, -0.15) is 0 Å². The summed E-state index contributed by atoms with van der Waals surface area (Å²) in [5.74, 6) is 0.999. The number of ether oxygens (including phenoxy) is 1. The summed E-state index contributed by atoms with van der Waals surface area (Å²) in [6, 6.07) is 0.212. The minimum Gasteiger partial charge on any atom is -0.378 e. The molecule has 0 aliphatic carbocycles. The second-order valence-electron chi connectivity index (χ2n) is 4.87. The van der Waals surface area contributed by atoms with E-state index < -0.39 is 0 Å². The molecule has 19 heavy (non-hydrogen) atoms. The average molecular weight is 278 g/mol. The lowest BCUT2D eigenvalue weighted by atomic mass is 10.2. The van der Waals surface area contributed by atoms with E-state index in [1.807, 2.05) is 18.6 Å². The van der Waals surface area contributed by atoms with Crippen molar-refractivity contribution in [3.63, 3.8) is 0 Å². The highest BCUT2D eigenvalue weighted by Gasteiger charge is 2.27. The van der Waals surface area contributed by atoms with Crippen LogP contribution < -0.4 is 0 Å². The van der Waals surface area contributed by atoms with Crippen molar-refractivity contribution >= 4 is 11.3 Å². The molecule has 1 saturated heterocycles. The van der Waals surface area contributed by atoms with Gasteiger partial charge in [0.1, 0.15) is 5.82 Å². The van der Waals surface area contributed by atoms with Crippen LogP contribution in [0.3, 0.4) is 0 Å². The predicted octanol–water partition coefficient (Wildman–Crippen LogP) is 2.06. The molecule has 0 saturated carbocycles. The van der Waals surface area contributed by atoms with Crippen molar-refractivity contribution < 1.29 is 4.74 Å². The van der Waals surface area contributed by atoms with Gasteiger partial charge in [0.25, 0.3) is 0 Å². The van der Waals surface area contributed by atoms with Crippen LogP contribution in [0.1, 0.15) is 28.1 Å². The summed E-state index contributed by atoms with van der Waals surface area (Å²) >= 11 is 1.72. The molecule has 1 aliphatic heterocycles. The topological polar surface area (TPSA) is 54.0 Å². The molecule has 3 heterocycles. The molecule has 0 aromatic carbocycles. The third kappa shape index (κ3) is 2.70.